The summed E-state index contributed by atoms with van der Waals surface area (Å²) in [7, 11) is 0. The quantitative estimate of drug-likeness (QED) is 0.869. The zero-order chi connectivity index (χ0) is 13.0. The summed E-state index contributed by atoms with van der Waals surface area (Å²) in [6, 6.07) is 8.81. The topological polar surface area (TPSA) is 38.5 Å². The lowest BCUT2D eigenvalue weighted by molar-refractivity contribution is 0.232. The Morgan fingerprint density at radius 2 is 2.11 bits per heavy atom. The van der Waals surface area contributed by atoms with Crippen molar-refractivity contribution in [2.24, 2.45) is 11.7 Å². The summed E-state index contributed by atoms with van der Waals surface area (Å²) in [4.78, 5) is 2.51. The molecule has 1 saturated heterocycles. The smallest absolute Gasteiger partial charge is 0.124 e. The van der Waals surface area contributed by atoms with Crippen LogP contribution in [0.3, 0.4) is 0 Å². The molecule has 0 spiro atoms. The molecule has 0 radical (unpaired) electrons. The Morgan fingerprint density at radius 3 is 2.78 bits per heavy atom. The molecule has 3 nitrogen and oxygen atoms in total. The largest absolute Gasteiger partial charge is 0.494 e. The fraction of sp³-hybridized carbons (Fsp3) is 0.600. The number of para-hydroxylation sites is 1. The van der Waals surface area contributed by atoms with E-state index in [9.17, 15) is 0 Å². The molecule has 1 aliphatic rings. The number of nitrogens with zero attached hydrogens (tertiary/aromatic N) is 1. The van der Waals surface area contributed by atoms with E-state index in [1.165, 1.54) is 12.0 Å². The first-order valence-corrected chi connectivity index (χ1v) is 6.97. The van der Waals surface area contributed by atoms with Crippen LogP contribution in [0.25, 0.3) is 0 Å². The maximum atomic E-state index is 5.94. The van der Waals surface area contributed by atoms with E-state index in [2.05, 4.69) is 30.0 Å². The van der Waals surface area contributed by atoms with Crippen LogP contribution in [0.2, 0.25) is 0 Å². The molecule has 3 heteroatoms. The fourth-order valence-corrected chi connectivity index (χ4v) is 2.99. The molecule has 0 amide bonds. The minimum Gasteiger partial charge on any atom is -0.494 e. The molecular formula is C15H24N2O. The third kappa shape index (κ3) is 2.52. The molecule has 1 heterocycles. The molecule has 0 aliphatic carbocycles. The molecule has 0 aromatic heterocycles. The van der Waals surface area contributed by atoms with Gasteiger partial charge in [0.1, 0.15) is 5.75 Å². The van der Waals surface area contributed by atoms with Gasteiger partial charge in [0.05, 0.1) is 6.61 Å². The van der Waals surface area contributed by atoms with Gasteiger partial charge in [0, 0.05) is 11.6 Å². The molecule has 2 atom stereocenters. The first kappa shape index (κ1) is 13.4. The van der Waals surface area contributed by atoms with Gasteiger partial charge in [-0.2, -0.15) is 0 Å². The highest BCUT2D eigenvalue weighted by Gasteiger charge is 2.34. The molecule has 2 N–H and O–H groups in total. The second kappa shape index (κ2) is 6.21. The number of ether oxygens (including phenoxy) is 1. The van der Waals surface area contributed by atoms with Crippen LogP contribution in [-0.2, 0) is 0 Å². The summed E-state index contributed by atoms with van der Waals surface area (Å²) in [6.07, 6.45) is 1.19. The lowest BCUT2D eigenvalue weighted by Gasteiger charge is -2.28. The summed E-state index contributed by atoms with van der Waals surface area (Å²) < 4.78 is 5.77. The molecule has 2 unspecified atom stereocenters. The summed E-state index contributed by atoms with van der Waals surface area (Å²) >= 11 is 0. The van der Waals surface area contributed by atoms with Crippen molar-refractivity contribution < 1.29 is 4.74 Å². The van der Waals surface area contributed by atoms with Crippen LogP contribution in [0, 0.1) is 5.92 Å². The Hall–Kier alpha value is -1.06. The average molecular weight is 248 g/mol. The van der Waals surface area contributed by atoms with Crippen LogP contribution in [0.1, 0.15) is 31.9 Å². The predicted molar refractivity (Wildman–Crippen MR) is 74.8 cm³/mol. The van der Waals surface area contributed by atoms with Gasteiger partial charge in [-0.15, -0.1) is 0 Å². The van der Waals surface area contributed by atoms with Gasteiger partial charge in [-0.05, 0) is 45.0 Å². The second-order valence-corrected chi connectivity index (χ2v) is 4.83. The number of benzene rings is 1. The van der Waals surface area contributed by atoms with Crippen LogP contribution in [0.15, 0.2) is 24.3 Å². The van der Waals surface area contributed by atoms with E-state index < -0.39 is 0 Å². The van der Waals surface area contributed by atoms with Crippen molar-refractivity contribution in [1.29, 1.82) is 0 Å². The predicted octanol–water partition coefficient (Wildman–Crippen LogP) is 2.43. The van der Waals surface area contributed by atoms with Crippen LogP contribution >= 0.6 is 0 Å². The molecule has 100 valence electrons. The lowest BCUT2D eigenvalue weighted by Crippen LogP contribution is -2.28. The van der Waals surface area contributed by atoms with Crippen molar-refractivity contribution in [2.45, 2.75) is 26.3 Å². The maximum absolute atomic E-state index is 5.94. The molecule has 1 aromatic carbocycles. The van der Waals surface area contributed by atoms with Crippen molar-refractivity contribution in [3.63, 3.8) is 0 Å². The summed E-state index contributed by atoms with van der Waals surface area (Å²) in [6.45, 7) is 7.93. The number of hydrogen-bond acceptors (Lipinski definition) is 3. The van der Waals surface area contributed by atoms with Crippen molar-refractivity contribution in [1.82, 2.24) is 4.90 Å². The van der Waals surface area contributed by atoms with E-state index in [-0.39, 0.29) is 0 Å². The van der Waals surface area contributed by atoms with Gasteiger partial charge < -0.3 is 10.5 Å². The van der Waals surface area contributed by atoms with Crippen molar-refractivity contribution >= 4 is 0 Å². The van der Waals surface area contributed by atoms with Gasteiger partial charge in [-0.3, -0.25) is 4.90 Å². The van der Waals surface area contributed by atoms with Gasteiger partial charge in [0.2, 0.25) is 0 Å². The molecule has 1 aliphatic heterocycles. The van der Waals surface area contributed by atoms with Crippen LogP contribution < -0.4 is 10.5 Å². The molecule has 2 rings (SSSR count). The Morgan fingerprint density at radius 1 is 1.33 bits per heavy atom. The van der Waals surface area contributed by atoms with Crippen LogP contribution in [-0.4, -0.2) is 31.1 Å². The van der Waals surface area contributed by atoms with Gasteiger partial charge in [0.15, 0.2) is 0 Å². The van der Waals surface area contributed by atoms with Crippen molar-refractivity contribution in [2.75, 3.05) is 26.2 Å². The van der Waals surface area contributed by atoms with Gasteiger partial charge in [-0.25, -0.2) is 0 Å². The minimum atomic E-state index is 0.419. The Bertz CT molecular complexity index is 369. The fourth-order valence-electron chi connectivity index (χ4n) is 2.99. The molecule has 0 bridgehead atoms. The third-order valence-electron chi connectivity index (χ3n) is 3.87. The summed E-state index contributed by atoms with van der Waals surface area (Å²) in [5.74, 6) is 1.57. The maximum Gasteiger partial charge on any atom is 0.124 e. The standard InChI is InChI=1S/C15H24N2O/c1-3-17-10-9-12(11-16)15(17)13-7-5-6-8-14(13)18-4-2/h5-8,12,15H,3-4,9-11,16H2,1-2H3. The number of likely N-dealkylation sites (tertiary alicyclic amines) is 1. The first-order chi connectivity index (χ1) is 8.81. The Kier molecular flexibility index (Phi) is 4.61. The van der Waals surface area contributed by atoms with E-state index in [0.29, 0.717) is 18.6 Å². The highest BCUT2D eigenvalue weighted by molar-refractivity contribution is 5.37. The minimum absolute atomic E-state index is 0.419. The second-order valence-electron chi connectivity index (χ2n) is 4.83. The average Bonchev–Trinajstić information content (AvgIpc) is 2.82. The van der Waals surface area contributed by atoms with Crippen LogP contribution in [0.4, 0.5) is 0 Å². The summed E-state index contributed by atoms with van der Waals surface area (Å²) in [5.41, 5.74) is 7.24. The van der Waals surface area contributed by atoms with E-state index in [1.54, 1.807) is 0 Å². The first-order valence-electron chi connectivity index (χ1n) is 6.97. The molecule has 0 saturated carbocycles. The van der Waals surface area contributed by atoms with E-state index in [4.69, 9.17) is 10.5 Å². The number of rotatable bonds is 5. The van der Waals surface area contributed by atoms with Gasteiger partial charge in [-0.1, -0.05) is 25.1 Å². The molecular weight excluding hydrogens is 224 g/mol. The monoisotopic (exact) mass is 248 g/mol. The summed E-state index contributed by atoms with van der Waals surface area (Å²) in [5, 5.41) is 0. The molecule has 18 heavy (non-hydrogen) atoms. The SMILES string of the molecule is CCOc1ccccc1C1C(CN)CCN1CC. The zero-order valence-corrected chi connectivity index (χ0v) is 11.4. The Balaban J connectivity index is 2.32. The third-order valence-corrected chi connectivity index (χ3v) is 3.87. The van der Waals surface area contributed by atoms with Gasteiger partial charge in [0.25, 0.3) is 0 Å². The highest BCUT2D eigenvalue weighted by Crippen LogP contribution is 2.40. The van der Waals surface area contributed by atoms with Gasteiger partial charge >= 0.3 is 0 Å². The number of hydrogen-bond donors (Lipinski definition) is 1. The number of nitrogens with two attached hydrogens (primary N) is 1. The molecule has 1 fully saturated rings. The highest BCUT2D eigenvalue weighted by atomic mass is 16.5. The van der Waals surface area contributed by atoms with Crippen molar-refractivity contribution in [3.05, 3.63) is 29.8 Å². The van der Waals surface area contributed by atoms with Crippen LogP contribution in [0.5, 0.6) is 5.75 Å². The molecule has 1 aromatic rings. The van der Waals surface area contributed by atoms with E-state index >= 15 is 0 Å². The Labute approximate surface area is 110 Å². The van der Waals surface area contributed by atoms with E-state index in [1.807, 2.05) is 13.0 Å². The normalized spacial score (nSPS) is 24.4. The van der Waals surface area contributed by atoms with Crippen molar-refractivity contribution in [3.8, 4) is 5.75 Å². The zero-order valence-electron chi connectivity index (χ0n) is 11.4. The lowest BCUT2D eigenvalue weighted by atomic mass is 9.93. The van der Waals surface area contributed by atoms with E-state index in [0.717, 1.165) is 25.4 Å².